The Bertz CT molecular complexity index is 1130. The minimum atomic E-state index is -0.387. The van der Waals surface area contributed by atoms with Crippen molar-refractivity contribution in [3.8, 4) is 17.2 Å². The molecule has 0 amide bonds. The van der Waals surface area contributed by atoms with Crippen molar-refractivity contribution in [3.63, 3.8) is 0 Å². The van der Waals surface area contributed by atoms with E-state index in [2.05, 4.69) is 27.0 Å². The summed E-state index contributed by atoms with van der Waals surface area (Å²) in [5.74, 6) is 1.39. The van der Waals surface area contributed by atoms with Crippen molar-refractivity contribution in [2.45, 2.75) is 12.0 Å². The van der Waals surface area contributed by atoms with Crippen LogP contribution in [0.15, 0.2) is 55.0 Å². The van der Waals surface area contributed by atoms with Crippen LogP contribution in [0, 0.1) is 0 Å². The lowest BCUT2D eigenvalue weighted by Crippen LogP contribution is -2.36. The first-order chi connectivity index (χ1) is 14.2. The molecule has 2 aromatic carbocycles. The normalized spacial score (nSPS) is 21.1. The van der Waals surface area contributed by atoms with Crippen molar-refractivity contribution in [3.05, 3.63) is 71.8 Å². The van der Waals surface area contributed by atoms with Crippen molar-refractivity contribution in [2.75, 3.05) is 24.7 Å². The number of rotatable bonds is 2. The number of ether oxygens (including phenoxy) is 3. The summed E-state index contributed by atoms with van der Waals surface area (Å²) < 4.78 is 17.0. The SMILES string of the molecule is O=C1COc2cc3c(cc2O1)[C@]1(CO3)CN(Cc2cnccn2)c2ccccc21. The summed E-state index contributed by atoms with van der Waals surface area (Å²) in [4.78, 5) is 22.6. The summed E-state index contributed by atoms with van der Waals surface area (Å²) in [6, 6.07) is 12.1. The van der Waals surface area contributed by atoms with Gasteiger partial charge in [0.05, 0.1) is 23.9 Å². The van der Waals surface area contributed by atoms with Gasteiger partial charge in [-0.2, -0.15) is 0 Å². The number of nitrogens with zero attached hydrogens (tertiary/aromatic N) is 3. The maximum atomic E-state index is 11.7. The standard InChI is InChI=1S/C22H17N3O4/c26-21-11-27-19-8-18-16(7-20(19)29-21)22(13-28-18)12-25(10-14-9-23-5-6-24-14)17-4-2-1-3-15(17)22/h1-9H,10-13H2/t22-/m0/s1. The quantitative estimate of drug-likeness (QED) is 0.494. The fourth-order valence-corrected chi connectivity index (χ4v) is 4.55. The van der Waals surface area contributed by atoms with Crippen molar-refractivity contribution < 1.29 is 19.0 Å². The van der Waals surface area contributed by atoms with E-state index in [1.165, 1.54) is 5.56 Å². The van der Waals surface area contributed by atoms with Crippen LogP contribution in [0.1, 0.15) is 16.8 Å². The van der Waals surface area contributed by atoms with Crippen LogP contribution in [-0.2, 0) is 16.8 Å². The second kappa shape index (κ2) is 5.94. The molecule has 7 heteroatoms. The Morgan fingerprint density at radius 1 is 1.03 bits per heavy atom. The van der Waals surface area contributed by atoms with Gasteiger partial charge in [-0.05, 0) is 17.7 Å². The number of carbonyl (C=O) groups excluding carboxylic acids is 1. The minimum absolute atomic E-state index is 0.0777. The van der Waals surface area contributed by atoms with E-state index in [1.807, 2.05) is 24.3 Å². The van der Waals surface area contributed by atoms with E-state index < -0.39 is 0 Å². The van der Waals surface area contributed by atoms with Gasteiger partial charge in [-0.25, -0.2) is 4.79 Å². The number of aromatic nitrogens is 2. The van der Waals surface area contributed by atoms with Crippen LogP contribution < -0.4 is 19.1 Å². The zero-order valence-electron chi connectivity index (χ0n) is 15.5. The first kappa shape index (κ1) is 16.4. The molecule has 4 heterocycles. The second-order valence-corrected chi connectivity index (χ2v) is 7.50. The Balaban J connectivity index is 1.45. The van der Waals surface area contributed by atoms with Gasteiger partial charge in [0.25, 0.3) is 0 Å². The second-order valence-electron chi connectivity index (χ2n) is 7.50. The first-order valence-electron chi connectivity index (χ1n) is 9.47. The van der Waals surface area contributed by atoms with Crippen molar-refractivity contribution in [2.24, 2.45) is 0 Å². The van der Waals surface area contributed by atoms with Crippen LogP contribution in [-0.4, -0.2) is 35.7 Å². The van der Waals surface area contributed by atoms with Crippen LogP contribution in [0.4, 0.5) is 5.69 Å². The average Bonchev–Trinajstić information content (AvgIpc) is 3.26. The van der Waals surface area contributed by atoms with Crippen LogP contribution in [0.2, 0.25) is 0 Å². The lowest BCUT2D eigenvalue weighted by atomic mass is 9.77. The van der Waals surface area contributed by atoms with Crippen molar-refractivity contribution >= 4 is 11.7 Å². The van der Waals surface area contributed by atoms with E-state index in [4.69, 9.17) is 14.2 Å². The van der Waals surface area contributed by atoms with Crippen molar-refractivity contribution in [1.29, 1.82) is 0 Å². The van der Waals surface area contributed by atoms with Gasteiger partial charge in [-0.15, -0.1) is 0 Å². The molecule has 6 rings (SSSR count). The van der Waals surface area contributed by atoms with Crippen molar-refractivity contribution in [1.82, 2.24) is 9.97 Å². The highest BCUT2D eigenvalue weighted by atomic mass is 16.6. The van der Waals surface area contributed by atoms with E-state index in [1.54, 1.807) is 18.6 Å². The van der Waals surface area contributed by atoms with E-state index in [0.29, 0.717) is 24.7 Å². The largest absolute Gasteiger partial charge is 0.492 e. The predicted octanol–water partition coefficient (Wildman–Crippen LogP) is 2.47. The molecular weight excluding hydrogens is 370 g/mol. The number of hydrogen-bond acceptors (Lipinski definition) is 7. The summed E-state index contributed by atoms with van der Waals surface area (Å²) >= 11 is 0. The van der Waals surface area contributed by atoms with Gasteiger partial charge in [0.15, 0.2) is 18.1 Å². The molecule has 1 atom stereocenters. The number of fused-ring (bicyclic) bond motifs is 5. The third-order valence-corrected chi connectivity index (χ3v) is 5.80. The fourth-order valence-electron chi connectivity index (χ4n) is 4.55. The predicted molar refractivity (Wildman–Crippen MR) is 103 cm³/mol. The molecule has 29 heavy (non-hydrogen) atoms. The third kappa shape index (κ3) is 2.40. The number of anilines is 1. The van der Waals surface area contributed by atoms with E-state index in [-0.39, 0.29) is 18.0 Å². The Morgan fingerprint density at radius 2 is 1.97 bits per heavy atom. The maximum Gasteiger partial charge on any atom is 0.349 e. The molecule has 1 spiro atoms. The Labute approximate surface area is 166 Å². The summed E-state index contributed by atoms with van der Waals surface area (Å²) in [7, 11) is 0. The average molecular weight is 387 g/mol. The highest BCUT2D eigenvalue weighted by Crippen LogP contribution is 2.54. The molecule has 0 N–H and O–H groups in total. The topological polar surface area (TPSA) is 73.8 Å². The van der Waals surface area contributed by atoms with Gasteiger partial charge in [0.1, 0.15) is 12.4 Å². The van der Waals surface area contributed by atoms with Crippen LogP contribution in [0.5, 0.6) is 17.2 Å². The monoisotopic (exact) mass is 387 g/mol. The zero-order valence-corrected chi connectivity index (χ0v) is 15.5. The summed E-state index contributed by atoms with van der Waals surface area (Å²) in [6.45, 7) is 1.84. The smallest absolute Gasteiger partial charge is 0.349 e. The lowest BCUT2D eigenvalue weighted by molar-refractivity contribution is -0.138. The molecule has 0 aliphatic carbocycles. The Hall–Kier alpha value is -3.61. The van der Waals surface area contributed by atoms with Crippen LogP contribution in [0.25, 0.3) is 0 Å². The molecule has 3 aromatic rings. The molecule has 144 valence electrons. The molecular formula is C22H17N3O4. The number of benzene rings is 2. The lowest BCUT2D eigenvalue weighted by Gasteiger charge is -2.26. The Morgan fingerprint density at radius 3 is 2.86 bits per heavy atom. The number of hydrogen-bond donors (Lipinski definition) is 0. The van der Waals surface area contributed by atoms with Gasteiger partial charge in [0.2, 0.25) is 0 Å². The molecule has 0 bridgehead atoms. The third-order valence-electron chi connectivity index (χ3n) is 5.80. The van der Waals surface area contributed by atoms with E-state index in [9.17, 15) is 4.79 Å². The van der Waals surface area contributed by atoms with E-state index >= 15 is 0 Å². The molecule has 0 saturated heterocycles. The zero-order chi connectivity index (χ0) is 19.4. The highest BCUT2D eigenvalue weighted by Gasteiger charge is 2.50. The molecule has 3 aliphatic rings. The molecule has 0 fully saturated rings. The molecule has 1 aromatic heterocycles. The fraction of sp³-hybridized carbons (Fsp3) is 0.227. The molecule has 3 aliphatic heterocycles. The molecule has 0 radical (unpaired) electrons. The minimum Gasteiger partial charge on any atom is -0.492 e. The highest BCUT2D eigenvalue weighted by molar-refractivity contribution is 5.78. The number of para-hydroxylation sites is 1. The summed E-state index contributed by atoms with van der Waals surface area (Å²) in [6.07, 6.45) is 5.18. The summed E-state index contributed by atoms with van der Waals surface area (Å²) in [5.41, 5.74) is 3.94. The molecule has 0 unspecified atom stereocenters. The molecule has 0 saturated carbocycles. The van der Waals surface area contributed by atoms with Crippen LogP contribution in [0.3, 0.4) is 0 Å². The summed E-state index contributed by atoms with van der Waals surface area (Å²) in [5, 5.41) is 0. The first-order valence-corrected chi connectivity index (χ1v) is 9.47. The van der Waals surface area contributed by atoms with Gasteiger partial charge >= 0.3 is 5.97 Å². The van der Waals surface area contributed by atoms with Gasteiger partial charge in [0, 0.05) is 36.3 Å². The van der Waals surface area contributed by atoms with Gasteiger partial charge in [-0.1, -0.05) is 18.2 Å². The number of esters is 1. The molecule has 7 nitrogen and oxygen atoms in total. The van der Waals surface area contributed by atoms with Gasteiger partial charge < -0.3 is 19.1 Å². The van der Waals surface area contributed by atoms with Gasteiger partial charge in [-0.3, -0.25) is 9.97 Å². The Kier molecular flexibility index (Phi) is 3.35. The number of carbonyl (C=O) groups is 1. The van der Waals surface area contributed by atoms with Crippen LogP contribution >= 0.6 is 0 Å². The maximum absolute atomic E-state index is 11.7. The van der Waals surface area contributed by atoms with E-state index in [0.717, 1.165) is 29.2 Å².